The van der Waals surface area contributed by atoms with Crippen LogP contribution in [0.2, 0.25) is 0 Å². The number of rotatable bonds is 6. The van der Waals surface area contributed by atoms with Crippen molar-refractivity contribution in [1.29, 1.82) is 0 Å². The average Bonchev–Trinajstić information content (AvgIpc) is 2.55. The van der Waals surface area contributed by atoms with E-state index in [9.17, 15) is 9.59 Å². The minimum atomic E-state index is -0.136. The predicted octanol–water partition coefficient (Wildman–Crippen LogP) is 3.38. The maximum Gasteiger partial charge on any atom is 0.226 e. The fraction of sp³-hybridized carbons (Fsp3) is 0.263. The molecule has 0 atom stereocenters. The average molecular weight is 362 g/mol. The molecule has 134 valence electrons. The lowest BCUT2D eigenvalue weighted by atomic mass is 10.1. The lowest BCUT2D eigenvalue weighted by Gasteiger charge is -2.21. The van der Waals surface area contributed by atoms with Crippen LogP contribution in [0.15, 0.2) is 48.5 Å². The zero-order chi connectivity index (χ0) is 17.5. The molecule has 2 aromatic rings. The number of halogens is 1. The van der Waals surface area contributed by atoms with Gasteiger partial charge in [0.2, 0.25) is 11.8 Å². The number of hydrogen-bond acceptors (Lipinski definition) is 3. The van der Waals surface area contributed by atoms with E-state index in [1.807, 2.05) is 43.3 Å². The van der Waals surface area contributed by atoms with Crippen LogP contribution in [0.25, 0.3) is 0 Å². The van der Waals surface area contributed by atoms with Crippen molar-refractivity contribution >= 4 is 35.6 Å². The number of benzene rings is 2. The van der Waals surface area contributed by atoms with Crippen LogP contribution in [0.3, 0.4) is 0 Å². The first-order chi connectivity index (χ1) is 11.5. The molecule has 0 aliphatic heterocycles. The monoisotopic (exact) mass is 361 g/mol. The zero-order valence-electron chi connectivity index (χ0n) is 14.5. The van der Waals surface area contributed by atoms with Crippen molar-refractivity contribution in [3.8, 4) is 0 Å². The van der Waals surface area contributed by atoms with Crippen LogP contribution in [0.5, 0.6) is 0 Å². The minimum absolute atomic E-state index is 0. The Kier molecular flexibility index (Phi) is 7.95. The van der Waals surface area contributed by atoms with Crippen LogP contribution in [-0.2, 0) is 16.1 Å². The first-order valence-corrected chi connectivity index (χ1v) is 7.91. The number of anilines is 2. The van der Waals surface area contributed by atoms with Crippen LogP contribution >= 0.6 is 12.4 Å². The Labute approximate surface area is 154 Å². The lowest BCUT2D eigenvalue weighted by molar-refractivity contribution is -0.129. The second-order valence-corrected chi connectivity index (χ2v) is 5.80. The van der Waals surface area contributed by atoms with Gasteiger partial charge in [-0.2, -0.15) is 0 Å². The molecule has 5 nitrogen and oxygen atoms in total. The van der Waals surface area contributed by atoms with Crippen molar-refractivity contribution in [2.24, 2.45) is 0 Å². The van der Waals surface area contributed by atoms with Gasteiger partial charge in [-0.15, -0.1) is 12.4 Å². The van der Waals surface area contributed by atoms with E-state index in [4.69, 9.17) is 5.73 Å². The normalized spacial score (nSPS) is 9.84. The summed E-state index contributed by atoms with van der Waals surface area (Å²) in [6.45, 7) is 4.30. The van der Waals surface area contributed by atoms with E-state index in [1.165, 1.54) is 6.92 Å². The third kappa shape index (κ3) is 6.47. The third-order valence-electron chi connectivity index (χ3n) is 3.81. The van der Waals surface area contributed by atoms with E-state index in [-0.39, 0.29) is 30.6 Å². The summed E-state index contributed by atoms with van der Waals surface area (Å²) in [7, 11) is 0. The van der Waals surface area contributed by atoms with Crippen molar-refractivity contribution in [3.05, 3.63) is 59.7 Å². The molecule has 0 saturated carbocycles. The van der Waals surface area contributed by atoms with Gasteiger partial charge in [0, 0.05) is 37.8 Å². The van der Waals surface area contributed by atoms with E-state index >= 15 is 0 Å². The standard InChI is InChI=1S/C19H23N3O2.ClH/c1-14-8-9-17(20)12-18(14)21-19(24)10-11-22(15(2)23)13-16-6-4-3-5-7-16;/h3-9,12H,10-11,13,20H2,1-2H3,(H,21,24);1H. The highest BCUT2D eigenvalue weighted by Crippen LogP contribution is 2.18. The number of nitrogens with zero attached hydrogens (tertiary/aromatic N) is 1. The summed E-state index contributed by atoms with van der Waals surface area (Å²) in [5.74, 6) is -0.185. The molecule has 3 N–H and O–H groups in total. The highest BCUT2D eigenvalue weighted by atomic mass is 35.5. The quantitative estimate of drug-likeness (QED) is 0.774. The number of hydrogen-bond donors (Lipinski definition) is 2. The predicted molar refractivity (Wildman–Crippen MR) is 104 cm³/mol. The van der Waals surface area contributed by atoms with Crippen LogP contribution in [-0.4, -0.2) is 23.3 Å². The van der Waals surface area contributed by atoms with Gasteiger partial charge < -0.3 is 16.0 Å². The van der Waals surface area contributed by atoms with Gasteiger partial charge in [-0.25, -0.2) is 0 Å². The van der Waals surface area contributed by atoms with Gasteiger partial charge in [0.25, 0.3) is 0 Å². The molecule has 0 saturated heterocycles. The first kappa shape index (κ1) is 20.5. The van der Waals surface area contributed by atoms with E-state index in [1.54, 1.807) is 17.0 Å². The molecule has 2 rings (SSSR count). The summed E-state index contributed by atoms with van der Waals surface area (Å²) in [6.07, 6.45) is 0.237. The topological polar surface area (TPSA) is 75.4 Å². The molecule has 0 aliphatic rings. The smallest absolute Gasteiger partial charge is 0.226 e. The van der Waals surface area contributed by atoms with E-state index < -0.39 is 0 Å². The number of nitrogens with two attached hydrogens (primary N) is 1. The minimum Gasteiger partial charge on any atom is -0.399 e. The summed E-state index contributed by atoms with van der Waals surface area (Å²) in [6, 6.07) is 15.1. The van der Waals surface area contributed by atoms with Crippen molar-refractivity contribution in [3.63, 3.8) is 0 Å². The Morgan fingerprint density at radius 3 is 2.44 bits per heavy atom. The molecule has 0 fully saturated rings. The Balaban J connectivity index is 0.00000312. The SMILES string of the molecule is CC(=O)N(CCC(=O)Nc1cc(N)ccc1C)Cc1ccccc1.Cl. The van der Waals surface area contributed by atoms with Gasteiger partial charge in [0.1, 0.15) is 0 Å². The molecular weight excluding hydrogens is 338 g/mol. The molecule has 6 heteroatoms. The molecule has 0 heterocycles. The van der Waals surface area contributed by atoms with E-state index in [2.05, 4.69) is 5.32 Å². The van der Waals surface area contributed by atoms with Crippen molar-refractivity contribution in [2.45, 2.75) is 26.8 Å². The molecule has 0 aromatic heterocycles. The summed E-state index contributed by atoms with van der Waals surface area (Å²) in [5, 5.41) is 2.85. The molecule has 0 radical (unpaired) electrons. The van der Waals surface area contributed by atoms with Gasteiger partial charge >= 0.3 is 0 Å². The van der Waals surface area contributed by atoms with Gasteiger partial charge in [0.05, 0.1) is 0 Å². The third-order valence-corrected chi connectivity index (χ3v) is 3.81. The molecule has 0 spiro atoms. The van der Waals surface area contributed by atoms with Crippen molar-refractivity contribution in [1.82, 2.24) is 4.90 Å². The summed E-state index contributed by atoms with van der Waals surface area (Å²) in [5.41, 5.74) is 9.05. The van der Waals surface area contributed by atoms with Crippen LogP contribution in [0.4, 0.5) is 11.4 Å². The Hall–Kier alpha value is -2.53. The largest absolute Gasteiger partial charge is 0.399 e. The Bertz CT molecular complexity index is 720. The van der Waals surface area contributed by atoms with Crippen molar-refractivity contribution in [2.75, 3.05) is 17.6 Å². The molecule has 2 aromatic carbocycles. The maximum atomic E-state index is 12.2. The molecule has 0 unspecified atom stereocenters. The molecule has 25 heavy (non-hydrogen) atoms. The molecule has 2 amide bonds. The Morgan fingerprint density at radius 2 is 1.80 bits per heavy atom. The zero-order valence-corrected chi connectivity index (χ0v) is 15.3. The number of aryl methyl sites for hydroxylation is 1. The second-order valence-electron chi connectivity index (χ2n) is 5.80. The summed E-state index contributed by atoms with van der Waals surface area (Å²) < 4.78 is 0. The first-order valence-electron chi connectivity index (χ1n) is 7.91. The fourth-order valence-corrected chi connectivity index (χ4v) is 2.38. The summed E-state index contributed by atoms with van der Waals surface area (Å²) >= 11 is 0. The van der Waals surface area contributed by atoms with Crippen LogP contribution < -0.4 is 11.1 Å². The highest BCUT2D eigenvalue weighted by Gasteiger charge is 2.12. The van der Waals surface area contributed by atoms with Crippen LogP contribution in [0.1, 0.15) is 24.5 Å². The second kappa shape index (κ2) is 9.69. The van der Waals surface area contributed by atoms with Gasteiger partial charge in [-0.05, 0) is 30.2 Å². The maximum absolute atomic E-state index is 12.2. The number of carbonyl (C=O) groups is 2. The van der Waals surface area contributed by atoms with Crippen LogP contribution in [0, 0.1) is 6.92 Å². The number of carbonyl (C=O) groups excluding carboxylic acids is 2. The highest BCUT2D eigenvalue weighted by molar-refractivity contribution is 5.92. The fourth-order valence-electron chi connectivity index (χ4n) is 2.38. The lowest BCUT2D eigenvalue weighted by Crippen LogP contribution is -2.31. The summed E-state index contributed by atoms with van der Waals surface area (Å²) in [4.78, 5) is 25.6. The molecule has 0 aliphatic carbocycles. The Morgan fingerprint density at radius 1 is 1.12 bits per heavy atom. The van der Waals surface area contributed by atoms with Gasteiger partial charge in [-0.3, -0.25) is 9.59 Å². The number of nitrogen functional groups attached to an aromatic ring is 1. The van der Waals surface area contributed by atoms with Crippen molar-refractivity contribution < 1.29 is 9.59 Å². The van der Waals surface area contributed by atoms with E-state index in [0.29, 0.717) is 24.5 Å². The number of amides is 2. The van der Waals surface area contributed by atoms with Gasteiger partial charge in [0.15, 0.2) is 0 Å². The number of nitrogens with one attached hydrogen (secondary N) is 1. The molecule has 0 bridgehead atoms. The molecular formula is C19H24ClN3O2. The van der Waals surface area contributed by atoms with E-state index in [0.717, 1.165) is 11.1 Å². The van der Waals surface area contributed by atoms with Gasteiger partial charge in [-0.1, -0.05) is 36.4 Å².